The van der Waals surface area contributed by atoms with Gasteiger partial charge in [-0.3, -0.25) is 4.31 Å². The van der Waals surface area contributed by atoms with Crippen LogP contribution in [0.4, 0.5) is 0 Å². The summed E-state index contributed by atoms with van der Waals surface area (Å²) in [5.74, 6) is 0. The Hall–Kier alpha value is 0.270. The van der Waals surface area contributed by atoms with Crippen molar-refractivity contribution in [2.45, 2.75) is 6.42 Å². The van der Waals surface area contributed by atoms with Gasteiger partial charge in [-0.15, -0.1) is 0 Å². The second-order valence-electron chi connectivity index (χ2n) is 3.24. The maximum Gasteiger partial charge on any atom is 0.0168 e. The van der Waals surface area contributed by atoms with Gasteiger partial charge in [-0.25, -0.2) is 0 Å². The summed E-state index contributed by atoms with van der Waals surface area (Å²) in [6.45, 7) is 4.78. The van der Waals surface area contributed by atoms with Gasteiger partial charge in [0.25, 0.3) is 0 Å². The Morgan fingerprint density at radius 1 is 1.44 bits per heavy atom. The highest BCUT2D eigenvalue weighted by molar-refractivity contribution is 7.77. The van der Waals surface area contributed by atoms with E-state index in [1.165, 1.54) is 32.6 Å². The van der Waals surface area contributed by atoms with Gasteiger partial charge >= 0.3 is 0 Å². The van der Waals surface area contributed by atoms with Crippen LogP contribution in [0.1, 0.15) is 6.42 Å². The molecule has 2 fully saturated rings. The quantitative estimate of drug-likeness (QED) is 0.470. The Morgan fingerprint density at radius 2 is 2.22 bits per heavy atom. The zero-order valence-corrected chi connectivity index (χ0v) is 6.32. The van der Waals surface area contributed by atoms with Gasteiger partial charge in [-0.05, 0) is 6.42 Å². The van der Waals surface area contributed by atoms with E-state index in [1.807, 2.05) is 0 Å². The number of hydrogen-bond acceptors (Lipinski definition) is 3. The van der Waals surface area contributed by atoms with Crippen LogP contribution >= 0.6 is 12.8 Å². The molecule has 0 aliphatic carbocycles. The van der Waals surface area contributed by atoms with E-state index in [1.54, 1.807) is 0 Å². The lowest BCUT2D eigenvalue weighted by Gasteiger charge is -2.38. The Labute approximate surface area is 61.2 Å². The van der Waals surface area contributed by atoms with Gasteiger partial charge in [0, 0.05) is 31.6 Å². The molecule has 2 nitrogen and oxygen atoms in total. The van der Waals surface area contributed by atoms with Crippen LogP contribution in [-0.4, -0.2) is 30.5 Å². The van der Waals surface area contributed by atoms with E-state index < -0.39 is 0 Å². The monoisotopic (exact) mass is 144 g/mol. The van der Waals surface area contributed by atoms with Gasteiger partial charge in [-0.1, -0.05) is 12.8 Å². The molecule has 2 heterocycles. The van der Waals surface area contributed by atoms with Gasteiger partial charge in [0.1, 0.15) is 0 Å². The molecule has 0 aromatic carbocycles. The molecule has 0 amide bonds. The summed E-state index contributed by atoms with van der Waals surface area (Å²) in [5.41, 5.74) is 0.627. The van der Waals surface area contributed by atoms with Crippen LogP contribution in [0.3, 0.4) is 0 Å². The van der Waals surface area contributed by atoms with Crippen LogP contribution < -0.4 is 5.32 Å². The van der Waals surface area contributed by atoms with Crippen molar-refractivity contribution in [3.63, 3.8) is 0 Å². The molecule has 3 heteroatoms. The van der Waals surface area contributed by atoms with E-state index in [-0.39, 0.29) is 0 Å². The van der Waals surface area contributed by atoms with Gasteiger partial charge in [-0.2, -0.15) is 0 Å². The predicted octanol–water partition coefficient (Wildman–Crippen LogP) is 0.126. The zero-order chi connectivity index (χ0) is 6.32. The van der Waals surface area contributed by atoms with Crippen LogP contribution in [-0.2, 0) is 0 Å². The summed E-state index contributed by atoms with van der Waals surface area (Å²) in [6, 6.07) is 0. The third kappa shape index (κ3) is 0.876. The summed E-state index contributed by atoms with van der Waals surface area (Å²) >= 11 is 4.30. The highest BCUT2D eigenvalue weighted by Gasteiger charge is 2.41. The van der Waals surface area contributed by atoms with Crippen molar-refractivity contribution in [1.29, 1.82) is 0 Å². The predicted molar refractivity (Wildman–Crippen MR) is 40.5 cm³/mol. The summed E-state index contributed by atoms with van der Waals surface area (Å²) in [4.78, 5) is 0. The molecule has 9 heavy (non-hydrogen) atoms. The molecule has 2 saturated heterocycles. The average Bonchev–Trinajstić information content (AvgIpc) is 2.09. The zero-order valence-electron chi connectivity index (χ0n) is 5.43. The van der Waals surface area contributed by atoms with Crippen molar-refractivity contribution in [3.8, 4) is 0 Å². The molecule has 1 spiro atoms. The van der Waals surface area contributed by atoms with E-state index in [9.17, 15) is 0 Å². The van der Waals surface area contributed by atoms with Crippen LogP contribution in [0.2, 0.25) is 0 Å². The number of nitrogens with one attached hydrogen (secondary N) is 1. The molecule has 52 valence electrons. The fourth-order valence-electron chi connectivity index (χ4n) is 1.68. The maximum atomic E-state index is 4.30. The molecule has 0 unspecified atom stereocenters. The number of nitrogens with zero attached hydrogens (tertiary/aromatic N) is 1. The standard InChI is InChI=1S/C6H12N2S/c9-8-2-1-6(5-8)3-7-4-6/h7,9H,1-5H2. The molecule has 2 rings (SSSR count). The van der Waals surface area contributed by atoms with E-state index >= 15 is 0 Å². The van der Waals surface area contributed by atoms with E-state index in [0.29, 0.717) is 5.41 Å². The molecule has 2 aliphatic heterocycles. The Balaban J connectivity index is 1.99. The van der Waals surface area contributed by atoms with Crippen molar-refractivity contribution in [1.82, 2.24) is 9.62 Å². The van der Waals surface area contributed by atoms with Crippen molar-refractivity contribution in [2.75, 3.05) is 26.2 Å². The second-order valence-corrected chi connectivity index (χ2v) is 3.81. The van der Waals surface area contributed by atoms with Crippen LogP contribution in [0.15, 0.2) is 0 Å². The second kappa shape index (κ2) is 1.87. The van der Waals surface area contributed by atoms with Crippen molar-refractivity contribution >= 4 is 12.8 Å². The molecular weight excluding hydrogens is 132 g/mol. The SMILES string of the molecule is SN1CCC2(CNC2)C1. The smallest absolute Gasteiger partial charge is 0.0168 e. The summed E-state index contributed by atoms with van der Waals surface area (Å²) < 4.78 is 2.13. The van der Waals surface area contributed by atoms with Crippen LogP contribution in [0, 0.1) is 5.41 Å². The van der Waals surface area contributed by atoms with E-state index in [0.717, 1.165) is 0 Å². The van der Waals surface area contributed by atoms with E-state index in [2.05, 4.69) is 22.4 Å². The molecular formula is C6H12N2S. The lowest BCUT2D eigenvalue weighted by molar-refractivity contribution is 0.189. The Kier molecular flexibility index (Phi) is 1.25. The Morgan fingerprint density at radius 3 is 2.44 bits per heavy atom. The van der Waals surface area contributed by atoms with Gasteiger partial charge in [0.15, 0.2) is 0 Å². The van der Waals surface area contributed by atoms with Crippen molar-refractivity contribution < 1.29 is 0 Å². The third-order valence-corrected chi connectivity index (χ3v) is 2.76. The molecule has 2 aliphatic rings. The van der Waals surface area contributed by atoms with Crippen LogP contribution in [0.5, 0.6) is 0 Å². The highest BCUT2D eigenvalue weighted by atomic mass is 32.1. The first-order chi connectivity index (χ1) is 4.31. The molecule has 0 radical (unpaired) electrons. The van der Waals surface area contributed by atoms with Gasteiger partial charge < -0.3 is 5.32 Å². The number of thiol groups is 1. The lowest BCUT2D eigenvalue weighted by atomic mass is 9.81. The molecule has 0 aromatic heterocycles. The third-order valence-electron chi connectivity index (χ3n) is 2.42. The summed E-state index contributed by atoms with van der Waals surface area (Å²) in [7, 11) is 0. The molecule has 0 atom stereocenters. The molecule has 0 aromatic rings. The fraction of sp³-hybridized carbons (Fsp3) is 1.00. The molecule has 0 saturated carbocycles. The molecule has 1 N–H and O–H groups in total. The first-order valence-corrected chi connectivity index (χ1v) is 3.85. The topological polar surface area (TPSA) is 15.3 Å². The fourth-order valence-corrected chi connectivity index (χ4v) is 2.08. The summed E-state index contributed by atoms with van der Waals surface area (Å²) in [6.07, 6.45) is 1.34. The minimum Gasteiger partial charge on any atom is -0.315 e. The lowest BCUT2D eigenvalue weighted by Crippen LogP contribution is -2.54. The highest BCUT2D eigenvalue weighted by Crippen LogP contribution is 2.34. The minimum atomic E-state index is 0.627. The van der Waals surface area contributed by atoms with Gasteiger partial charge in [0.2, 0.25) is 0 Å². The average molecular weight is 144 g/mol. The Bertz CT molecular complexity index is 122. The van der Waals surface area contributed by atoms with Crippen molar-refractivity contribution in [3.05, 3.63) is 0 Å². The van der Waals surface area contributed by atoms with E-state index in [4.69, 9.17) is 0 Å². The van der Waals surface area contributed by atoms with Gasteiger partial charge in [0.05, 0.1) is 0 Å². The summed E-state index contributed by atoms with van der Waals surface area (Å²) in [5, 5.41) is 3.30. The number of hydrogen-bond donors (Lipinski definition) is 2. The maximum absolute atomic E-state index is 4.30. The normalized spacial score (nSPS) is 33.0. The molecule has 0 bridgehead atoms. The minimum absolute atomic E-state index is 0.627. The van der Waals surface area contributed by atoms with Crippen molar-refractivity contribution in [2.24, 2.45) is 5.41 Å². The first kappa shape index (κ1) is 6.01. The largest absolute Gasteiger partial charge is 0.315 e. The van der Waals surface area contributed by atoms with Crippen LogP contribution in [0.25, 0.3) is 0 Å². The number of rotatable bonds is 0. The first-order valence-electron chi connectivity index (χ1n) is 3.45.